The van der Waals surface area contributed by atoms with Gasteiger partial charge in [0, 0.05) is 24.8 Å². The van der Waals surface area contributed by atoms with E-state index in [2.05, 4.69) is 26.7 Å². The predicted molar refractivity (Wildman–Crippen MR) is 111 cm³/mol. The lowest BCUT2D eigenvalue weighted by Gasteiger charge is -2.48. The van der Waals surface area contributed by atoms with Crippen LogP contribution in [0.2, 0.25) is 0 Å². The average molecular weight is 406 g/mol. The molecule has 3 atom stereocenters. The maximum absolute atomic E-state index is 13.0. The van der Waals surface area contributed by atoms with Crippen LogP contribution >= 0.6 is 0 Å². The molecule has 0 saturated carbocycles. The van der Waals surface area contributed by atoms with Gasteiger partial charge in [-0.15, -0.1) is 0 Å². The molecule has 0 radical (unpaired) electrons. The minimum Gasteiger partial charge on any atom is -0.366 e. The molecule has 2 saturated heterocycles. The number of Topliss-reactive ketones (excluding diaryl/α,β-unsaturated/α-hetero) is 1. The molecule has 4 rings (SSSR count). The Hall–Kier alpha value is -1.44. The van der Waals surface area contributed by atoms with Crippen molar-refractivity contribution in [2.24, 2.45) is 0 Å². The number of carbonyl (C=O) groups excluding carboxylic acids is 1. The molecular weight excluding hydrogens is 374 g/mol. The van der Waals surface area contributed by atoms with Gasteiger partial charge in [-0.1, -0.05) is 24.6 Å². The van der Waals surface area contributed by atoms with E-state index in [-0.39, 0.29) is 12.0 Å². The van der Waals surface area contributed by atoms with E-state index in [1.54, 1.807) is 13.8 Å². The average Bonchev–Trinajstić information content (AvgIpc) is 3.00. The number of fused-ring (bicyclic) bond motifs is 5. The van der Waals surface area contributed by atoms with Crippen LogP contribution in [0.4, 0.5) is 5.69 Å². The Labute approximate surface area is 168 Å². The van der Waals surface area contributed by atoms with Crippen molar-refractivity contribution in [3.63, 3.8) is 0 Å². The highest BCUT2D eigenvalue weighted by molar-refractivity contribution is 7.90. The van der Waals surface area contributed by atoms with Gasteiger partial charge in [0.05, 0.1) is 23.8 Å². The Bertz CT molecular complexity index is 839. The van der Waals surface area contributed by atoms with Crippen LogP contribution in [0, 0.1) is 0 Å². The van der Waals surface area contributed by atoms with Crippen molar-refractivity contribution in [3.8, 4) is 0 Å². The number of para-hydroxylation sites is 1. The summed E-state index contributed by atoms with van der Waals surface area (Å²) in [4.78, 5) is 17.8. The number of hydrogen-bond donors (Lipinski definition) is 1. The molecule has 3 heterocycles. The van der Waals surface area contributed by atoms with E-state index >= 15 is 0 Å². The summed E-state index contributed by atoms with van der Waals surface area (Å²) in [6.45, 7) is 6.15. The summed E-state index contributed by atoms with van der Waals surface area (Å²) < 4.78 is 26.7. The minimum absolute atomic E-state index is 0.0390. The molecule has 2 unspecified atom stereocenters. The first-order valence-electron chi connectivity index (χ1n) is 10.5. The number of anilines is 1. The zero-order valence-corrected chi connectivity index (χ0v) is 17.6. The zero-order valence-electron chi connectivity index (χ0n) is 16.8. The van der Waals surface area contributed by atoms with Crippen molar-refractivity contribution in [1.82, 2.24) is 9.62 Å². The van der Waals surface area contributed by atoms with Crippen LogP contribution in [0.15, 0.2) is 24.3 Å². The van der Waals surface area contributed by atoms with E-state index in [1.165, 1.54) is 12.8 Å². The summed E-state index contributed by atoms with van der Waals surface area (Å²) >= 11 is 0. The molecule has 1 aromatic rings. The molecule has 1 N–H and O–H groups in total. The summed E-state index contributed by atoms with van der Waals surface area (Å²) in [6, 6.07) is 8.87. The molecule has 154 valence electrons. The van der Waals surface area contributed by atoms with Crippen molar-refractivity contribution >= 4 is 21.5 Å². The van der Waals surface area contributed by atoms with Gasteiger partial charge in [-0.2, -0.15) is 0 Å². The van der Waals surface area contributed by atoms with Gasteiger partial charge in [0.2, 0.25) is 10.0 Å². The standard InChI is InChI=1S/C21H31N3O3S/c1-15(2)28(26,27)22-11-7-13-24-17-9-4-3-8-16(17)20-19(25)14-23-12-6-5-10-18(23)21(20)24/h3-4,8-9,15,18,20-22H,5-7,10-14H2,1-2H3/t18-,20?,21?/m0/s1. The maximum Gasteiger partial charge on any atom is 0.213 e. The van der Waals surface area contributed by atoms with Gasteiger partial charge >= 0.3 is 0 Å². The van der Waals surface area contributed by atoms with Gasteiger partial charge in [-0.25, -0.2) is 13.1 Å². The molecule has 0 amide bonds. The Kier molecular flexibility index (Phi) is 5.51. The summed E-state index contributed by atoms with van der Waals surface area (Å²) in [7, 11) is -3.24. The lowest BCUT2D eigenvalue weighted by atomic mass is 9.79. The van der Waals surface area contributed by atoms with Gasteiger partial charge in [-0.3, -0.25) is 9.69 Å². The second kappa shape index (κ2) is 7.76. The third-order valence-electron chi connectivity index (χ3n) is 6.55. The molecule has 2 fully saturated rings. The van der Waals surface area contributed by atoms with Crippen molar-refractivity contribution in [3.05, 3.63) is 29.8 Å². The number of piperidine rings is 2. The summed E-state index contributed by atoms with van der Waals surface area (Å²) in [5, 5.41) is -0.420. The van der Waals surface area contributed by atoms with Crippen LogP contribution in [0.1, 0.15) is 51.0 Å². The largest absolute Gasteiger partial charge is 0.366 e. The monoisotopic (exact) mass is 405 g/mol. The van der Waals surface area contributed by atoms with E-state index in [1.807, 2.05) is 12.1 Å². The normalized spacial score (nSPS) is 27.6. The highest BCUT2D eigenvalue weighted by Gasteiger charge is 2.51. The highest BCUT2D eigenvalue weighted by atomic mass is 32.2. The number of ketones is 1. The second-order valence-corrected chi connectivity index (χ2v) is 10.9. The van der Waals surface area contributed by atoms with E-state index < -0.39 is 15.3 Å². The van der Waals surface area contributed by atoms with Crippen molar-refractivity contribution < 1.29 is 13.2 Å². The summed E-state index contributed by atoms with van der Waals surface area (Å²) in [5.41, 5.74) is 2.32. The number of carbonyl (C=O) groups is 1. The first kappa shape index (κ1) is 19.9. The molecule has 1 aromatic carbocycles. The molecular formula is C21H31N3O3S. The SMILES string of the molecule is CC(C)S(=O)(=O)NCCCN1c2ccccc2C2C(=O)CN3CCCC[C@H]3C21. The third kappa shape index (κ3) is 3.48. The van der Waals surface area contributed by atoms with Gasteiger partial charge in [0.1, 0.15) is 0 Å². The minimum atomic E-state index is -3.24. The van der Waals surface area contributed by atoms with Crippen molar-refractivity contribution in [2.75, 3.05) is 31.1 Å². The molecule has 7 heteroatoms. The van der Waals surface area contributed by atoms with Crippen LogP contribution in [0.5, 0.6) is 0 Å². The molecule has 0 spiro atoms. The van der Waals surface area contributed by atoms with Crippen LogP contribution in [-0.2, 0) is 14.8 Å². The van der Waals surface area contributed by atoms with E-state index in [0.29, 0.717) is 24.9 Å². The lowest BCUT2D eigenvalue weighted by Crippen LogP contribution is -2.61. The van der Waals surface area contributed by atoms with Crippen molar-refractivity contribution in [2.45, 2.75) is 62.8 Å². The number of sulfonamides is 1. The molecule has 3 aliphatic rings. The highest BCUT2D eigenvalue weighted by Crippen LogP contribution is 2.47. The topological polar surface area (TPSA) is 69.7 Å². The Morgan fingerprint density at radius 3 is 2.79 bits per heavy atom. The van der Waals surface area contributed by atoms with Crippen molar-refractivity contribution in [1.29, 1.82) is 0 Å². The van der Waals surface area contributed by atoms with Crippen LogP contribution in [-0.4, -0.2) is 62.6 Å². The van der Waals surface area contributed by atoms with Gasteiger partial charge in [0.25, 0.3) is 0 Å². The Morgan fingerprint density at radius 1 is 1.21 bits per heavy atom. The van der Waals surface area contributed by atoms with Gasteiger partial charge in [-0.05, 0) is 51.3 Å². The number of benzene rings is 1. The van der Waals surface area contributed by atoms with E-state index in [0.717, 1.165) is 37.2 Å². The molecule has 0 bridgehead atoms. The Morgan fingerprint density at radius 2 is 2.00 bits per heavy atom. The maximum atomic E-state index is 13.0. The second-order valence-electron chi connectivity index (χ2n) is 8.56. The van der Waals surface area contributed by atoms with Gasteiger partial charge < -0.3 is 4.90 Å². The number of nitrogens with one attached hydrogen (secondary N) is 1. The fourth-order valence-corrected chi connectivity index (χ4v) is 5.89. The first-order valence-corrected chi connectivity index (χ1v) is 12.1. The van der Waals surface area contributed by atoms with Crippen LogP contribution < -0.4 is 9.62 Å². The molecule has 0 aromatic heterocycles. The van der Waals surface area contributed by atoms with E-state index in [9.17, 15) is 13.2 Å². The smallest absolute Gasteiger partial charge is 0.213 e. The summed E-state index contributed by atoms with van der Waals surface area (Å²) in [6.07, 6.45) is 4.26. The molecule has 28 heavy (non-hydrogen) atoms. The molecule has 0 aliphatic carbocycles. The summed E-state index contributed by atoms with van der Waals surface area (Å²) in [5.74, 6) is 0.293. The van der Waals surface area contributed by atoms with Crippen LogP contribution in [0.25, 0.3) is 0 Å². The Balaban J connectivity index is 1.54. The quantitative estimate of drug-likeness (QED) is 0.734. The third-order valence-corrected chi connectivity index (χ3v) is 8.39. The first-order chi connectivity index (χ1) is 13.4. The molecule has 6 nitrogen and oxygen atoms in total. The van der Waals surface area contributed by atoms with Crippen LogP contribution in [0.3, 0.4) is 0 Å². The fourth-order valence-electron chi connectivity index (χ4n) is 5.13. The predicted octanol–water partition coefficient (Wildman–Crippen LogP) is 2.11. The van der Waals surface area contributed by atoms with Gasteiger partial charge in [0.15, 0.2) is 5.78 Å². The number of hydrogen-bond acceptors (Lipinski definition) is 5. The molecule has 3 aliphatic heterocycles. The van der Waals surface area contributed by atoms with E-state index in [4.69, 9.17) is 0 Å². The fraction of sp³-hybridized carbons (Fsp3) is 0.667. The zero-order chi connectivity index (χ0) is 19.9. The number of rotatable bonds is 6. The number of nitrogens with zero attached hydrogens (tertiary/aromatic N) is 2. The lowest BCUT2D eigenvalue weighted by molar-refractivity contribution is -0.126.